The lowest BCUT2D eigenvalue weighted by molar-refractivity contribution is 0.0695. The summed E-state index contributed by atoms with van der Waals surface area (Å²) in [5, 5.41) is 8.73. The lowest BCUT2D eigenvalue weighted by Gasteiger charge is -2.00. The second kappa shape index (κ2) is 4.11. The van der Waals surface area contributed by atoms with Crippen LogP contribution in [0.1, 0.15) is 16.1 Å². The molecule has 0 saturated carbocycles. The van der Waals surface area contributed by atoms with Crippen molar-refractivity contribution in [2.75, 3.05) is 5.75 Å². The maximum absolute atomic E-state index is 10.6. The second-order valence-corrected chi connectivity index (χ2v) is 2.72. The fourth-order valence-electron chi connectivity index (χ4n) is 0.938. The first-order chi connectivity index (χ1) is 5.75. The molecule has 1 heterocycles. The van der Waals surface area contributed by atoms with Crippen LogP contribution in [-0.4, -0.2) is 21.8 Å². The molecule has 0 saturated heterocycles. The van der Waals surface area contributed by atoms with E-state index in [1.54, 1.807) is 18.3 Å². The summed E-state index contributed by atoms with van der Waals surface area (Å²) in [6.07, 6.45) is 2.18. The molecule has 4 heteroatoms. The van der Waals surface area contributed by atoms with Crippen LogP contribution < -0.4 is 0 Å². The molecule has 0 fully saturated rings. The number of aromatic nitrogens is 1. The van der Waals surface area contributed by atoms with E-state index in [0.717, 1.165) is 0 Å². The molecule has 0 aliphatic carbocycles. The first-order valence-corrected chi connectivity index (χ1v) is 4.17. The Morgan fingerprint density at radius 1 is 1.67 bits per heavy atom. The maximum Gasteiger partial charge on any atom is 0.337 e. The largest absolute Gasteiger partial charge is 0.478 e. The van der Waals surface area contributed by atoms with Crippen molar-refractivity contribution >= 4 is 18.6 Å². The maximum atomic E-state index is 10.6. The van der Waals surface area contributed by atoms with E-state index in [0.29, 0.717) is 17.9 Å². The Bertz CT molecular complexity index is 288. The molecule has 0 aliphatic heterocycles. The van der Waals surface area contributed by atoms with Crippen molar-refractivity contribution in [2.24, 2.45) is 0 Å². The third kappa shape index (κ3) is 1.98. The minimum atomic E-state index is -0.931. The van der Waals surface area contributed by atoms with Crippen LogP contribution in [0.5, 0.6) is 0 Å². The summed E-state index contributed by atoms with van der Waals surface area (Å²) in [5.74, 6) is -0.322. The highest BCUT2D eigenvalue weighted by atomic mass is 32.1. The van der Waals surface area contributed by atoms with Crippen LogP contribution >= 0.6 is 12.6 Å². The highest BCUT2D eigenvalue weighted by Crippen LogP contribution is 2.06. The van der Waals surface area contributed by atoms with Crippen LogP contribution in [0, 0.1) is 0 Å². The van der Waals surface area contributed by atoms with Crippen molar-refractivity contribution in [1.82, 2.24) is 4.98 Å². The van der Waals surface area contributed by atoms with Gasteiger partial charge in [0, 0.05) is 6.20 Å². The van der Waals surface area contributed by atoms with Crippen molar-refractivity contribution < 1.29 is 9.90 Å². The SMILES string of the molecule is O=C(O)c1cccnc1CCS. The van der Waals surface area contributed by atoms with Gasteiger partial charge in [-0.25, -0.2) is 4.79 Å². The average Bonchev–Trinajstić information content (AvgIpc) is 2.05. The number of aromatic carboxylic acids is 1. The molecule has 0 aliphatic rings. The van der Waals surface area contributed by atoms with E-state index in [2.05, 4.69) is 17.6 Å². The van der Waals surface area contributed by atoms with Crippen molar-refractivity contribution in [2.45, 2.75) is 6.42 Å². The van der Waals surface area contributed by atoms with Gasteiger partial charge < -0.3 is 5.11 Å². The molecule has 0 unspecified atom stereocenters. The van der Waals surface area contributed by atoms with Gasteiger partial charge in [0.15, 0.2) is 0 Å². The quantitative estimate of drug-likeness (QED) is 0.693. The summed E-state index contributed by atoms with van der Waals surface area (Å²) < 4.78 is 0. The van der Waals surface area contributed by atoms with Gasteiger partial charge in [0.2, 0.25) is 0 Å². The zero-order valence-electron chi connectivity index (χ0n) is 6.40. The number of rotatable bonds is 3. The van der Waals surface area contributed by atoms with Gasteiger partial charge in [-0.05, 0) is 24.3 Å². The lowest BCUT2D eigenvalue weighted by Crippen LogP contribution is -2.04. The molecule has 64 valence electrons. The Morgan fingerprint density at radius 2 is 2.42 bits per heavy atom. The Labute approximate surface area is 75.9 Å². The third-order valence-electron chi connectivity index (χ3n) is 1.47. The summed E-state index contributed by atoms with van der Waals surface area (Å²) in [4.78, 5) is 14.6. The molecular formula is C8H9NO2S. The van der Waals surface area contributed by atoms with E-state index in [4.69, 9.17) is 5.11 Å². The van der Waals surface area contributed by atoms with Gasteiger partial charge in [-0.2, -0.15) is 12.6 Å². The fourth-order valence-corrected chi connectivity index (χ4v) is 1.15. The zero-order valence-corrected chi connectivity index (χ0v) is 7.29. The molecule has 0 amide bonds. The van der Waals surface area contributed by atoms with Gasteiger partial charge in [0.25, 0.3) is 0 Å². The molecule has 1 aromatic heterocycles. The molecule has 0 spiro atoms. The van der Waals surface area contributed by atoms with E-state index in [1.165, 1.54) is 0 Å². The molecule has 3 nitrogen and oxygen atoms in total. The third-order valence-corrected chi connectivity index (χ3v) is 1.69. The van der Waals surface area contributed by atoms with Crippen molar-refractivity contribution in [3.8, 4) is 0 Å². The van der Waals surface area contributed by atoms with Gasteiger partial charge in [-0.3, -0.25) is 4.98 Å². The number of carboxylic acids is 1. The summed E-state index contributed by atoms with van der Waals surface area (Å²) in [6.45, 7) is 0. The fraction of sp³-hybridized carbons (Fsp3) is 0.250. The summed E-state index contributed by atoms with van der Waals surface area (Å²) in [6, 6.07) is 3.17. The van der Waals surface area contributed by atoms with Crippen LogP contribution in [0.15, 0.2) is 18.3 Å². The molecule has 0 aromatic carbocycles. The first-order valence-electron chi connectivity index (χ1n) is 3.53. The van der Waals surface area contributed by atoms with E-state index in [9.17, 15) is 4.79 Å². The first kappa shape index (κ1) is 9.06. The monoisotopic (exact) mass is 183 g/mol. The topological polar surface area (TPSA) is 50.2 Å². The summed E-state index contributed by atoms with van der Waals surface area (Å²) in [7, 11) is 0. The number of carboxylic acid groups (broad SMARTS) is 1. The van der Waals surface area contributed by atoms with Gasteiger partial charge in [-0.1, -0.05) is 0 Å². The Morgan fingerprint density at radius 3 is 3.00 bits per heavy atom. The molecular weight excluding hydrogens is 174 g/mol. The van der Waals surface area contributed by atoms with E-state index in [1.807, 2.05) is 0 Å². The van der Waals surface area contributed by atoms with Crippen LogP contribution in [0.3, 0.4) is 0 Å². The molecule has 1 rings (SSSR count). The number of hydrogen-bond donors (Lipinski definition) is 2. The standard InChI is InChI=1S/C8H9NO2S/c10-8(11)6-2-1-4-9-7(6)3-5-12/h1-2,4,12H,3,5H2,(H,10,11). The summed E-state index contributed by atoms with van der Waals surface area (Å²) in [5.41, 5.74) is 0.867. The van der Waals surface area contributed by atoms with Crippen LogP contribution in [0.2, 0.25) is 0 Å². The molecule has 0 bridgehead atoms. The Kier molecular flexibility index (Phi) is 3.10. The Balaban J connectivity index is 3.00. The smallest absolute Gasteiger partial charge is 0.337 e. The zero-order chi connectivity index (χ0) is 8.97. The lowest BCUT2D eigenvalue weighted by atomic mass is 10.1. The predicted octanol–water partition coefficient (Wildman–Crippen LogP) is 1.25. The number of carbonyl (C=O) groups is 1. The van der Waals surface area contributed by atoms with Gasteiger partial charge in [-0.15, -0.1) is 0 Å². The van der Waals surface area contributed by atoms with Gasteiger partial charge in [0.05, 0.1) is 11.3 Å². The van der Waals surface area contributed by atoms with Crippen molar-refractivity contribution in [3.05, 3.63) is 29.6 Å². The number of pyridine rings is 1. The second-order valence-electron chi connectivity index (χ2n) is 2.28. The van der Waals surface area contributed by atoms with Crippen LogP contribution in [0.25, 0.3) is 0 Å². The Hall–Kier alpha value is -1.03. The summed E-state index contributed by atoms with van der Waals surface area (Å²) >= 11 is 4.01. The molecule has 1 aromatic rings. The van der Waals surface area contributed by atoms with Crippen LogP contribution in [0.4, 0.5) is 0 Å². The molecule has 1 N–H and O–H groups in total. The number of aryl methyl sites for hydroxylation is 1. The normalized spacial score (nSPS) is 9.75. The van der Waals surface area contributed by atoms with E-state index >= 15 is 0 Å². The average molecular weight is 183 g/mol. The number of hydrogen-bond acceptors (Lipinski definition) is 3. The van der Waals surface area contributed by atoms with Gasteiger partial charge >= 0.3 is 5.97 Å². The number of thiol groups is 1. The highest BCUT2D eigenvalue weighted by molar-refractivity contribution is 7.80. The van der Waals surface area contributed by atoms with E-state index in [-0.39, 0.29) is 5.56 Å². The molecule has 0 atom stereocenters. The molecule has 0 radical (unpaired) electrons. The van der Waals surface area contributed by atoms with Crippen LogP contribution in [-0.2, 0) is 6.42 Å². The van der Waals surface area contributed by atoms with Crippen molar-refractivity contribution in [3.63, 3.8) is 0 Å². The number of nitrogens with zero attached hydrogens (tertiary/aromatic N) is 1. The van der Waals surface area contributed by atoms with E-state index < -0.39 is 5.97 Å². The van der Waals surface area contributed by atoms with Gasteiger partial charge in [0.1, 0.15) is 0 Å². The van der Waals surface area contributed by atoms with Crippen molar-refractivity contribution in [1.29, 1.82) is 0 Å². The molecule has 12 heavy (non-hydrogen) atoms. The minimum absolute atomic E-state index is 0.270. The highest BCUT2D eigenvalue weighted by Gasteiger charge is 2.08. The predicted molar refractivity (Wildman–Crippen MR) is 48.8 cm³/mol. The minimum Gasteiger partial charge on any atom is -0.478 e.